The van der Waals surface area contributed by atoms with E-state index in [0.717, 1.165) is 30.8 Å². The highest BCUT2D eigenvalue weighted by Crippen LogP contribution is 2.27. The van der Waals surface area contributed by atoms with Crippen LogP contribution in [0.25, 0.3) is 11.3 Å². The lowest BCUT2D eigenvalue weighted by Gasteiger charge is -2.11. The summed E-state index contributed by atoms with van der Waals surface area (Å²) in [5.74, 6) is 1.02. The Bertz CT molecular complexity index is 672. The van der Waals surface area contributed by atoms with Gasteiger partial charge in [-0.05, 0) is 44.0 Å². The number of ether oxygens (including phenoxy) is 2. The van der Waals surface area contributed by atoms with E-state index in [1.54, 1.807) is 14.0 Å². The summed E-state index contributed by atoms with van der Waals surface area (Å²) in [5, 5.41) is 6.85. The lowest BCUT2D eigenvalue weighted by atomic mass is 10.1. The van der Waals surface area contributed by atoms with E-state index < -0.39 is 0 Å². The Kier molecular flexibility index (Phi) is 4.62. The number of nitrogens with zero attached hydrogens (tertiary/aromatic N) is 1. The van der Waals surface area contributed by atoms with Gasteiger partial charge in [0.05, 0.1) is 18.9 Å². The van der Waals surface area contributed by atoms with E-state index in [2.05, 4.69) is 10.5 Å². The molecule has 1 aromatic carbocycles. The molecule has 0 unspecified atom stereocenters. The summed E-state index contributed by atoms with van der Waals surface area (Å²) in [6.07, 6.45) is 2.13. The molecule has 0 radical (unpaired) electrons. The fourth-order valence-electron chi connectivity index (χ4n) is 2.68. The molecule has 1 aliphatic heterocycles. The molecule has 0 spiro atoms. The number of hydrogen-bond donors (Lipinski definition) is 1. The van der Waals surface area contributed by atoms with E-state index in [0.29, 0.717) is 23.6 Å². The highest BCUT2D eigenvalue weighted by atomic mass is 16.5. The minimum absolute atomic E-state index is 0.101. The number of rotatable bonds is 5. The fourth-order valence-corrected chi connectivity index (χ4v) is 2.68. The molecule has 0 aliphatic carbocycles. The highest BCUT2D eigenvalue weighted by molar-refractivity contribution is 6.00. The van der Waals surface area contributed by atoms with Gasteiger partial charge in [0, 0.05) is 18.7 Å². The number of carbonyl (C=O) groups excluding carboxylic acids is 1. The van der Waals surface area contributed by atoms with Crippen molar-refractivity contribution in [3.8, 4) is 17.1 Å². The standard InChI is InChI=1S/C17H20N2O4/c1-11-15(17(20)18-10-14-4-3-9-22-14)16(23-19-11)12-5-7-13(21-2)8-6-12/h5-8,14H,3-4,9-10H2,1-2H3,(H,18,20)/t14-/m1/s1. The summed E-state index contributed by atoms with van der Waals surface area (Å²) in [6.45, 7) is 3.03. The van der Waals surface area contributed by atoms with Gasteiger partial charge in [-0.3, -0.25) is 4.79 Å². The molecule has 23 heavy (non-hydrogen) atoms. The second kappa shape index (κ2) is 6.83. The Balaban J connectivity index is 1.78. The SMILES string of the molecule is COc1ccc(-c2onc(C)c2C(=O)NC[C@H]2CCCO2)cc1. The second-order valence-electron chi connectivity index (χ2n) is 5.55. The van der Waals surface area contributed by atoms with Crippen molar-refractivity contribution >= 4 is 5.91 Å². The van der Waals surface area contributed by atoms with E-state index in [4.69, 9.17) is 14.0 Å². The average molecular weight is 316 g/mol. The zero-order chi connectivity index (χ0) is 16.2. The van der Waals surface area contributed by atoms with Crippen LogP contribution in [0.1, 0.15) is 28.9 Å². The van der Waals surface area contributed by atoms with Crippen LogP contribution in [0.4, 0.5) is 0 Å². The molecule has 1 N–H and O–H groups in total. The molecule has 1 amide bonds. The number of nitrogens with one attached hydrogen (secondary N) is 1. The summed E-state index contributed by atoms with van der Waals surface area (Å²) < 4.78 is 16.0. The zero-order valence-corrected chi connectivity index (χ0v) is 13.3. The minimum Gasteiger partial charge on any atom is -0.497 e. The number of amides is 1. The van der Waals surface area contributed by atoms with Crippen molar-refractivity contribution in [1.29, 1.82) is 0 Å². The van der Waals surface area contributed by atoms with E-state index in [1.165, 1.54) is 0 Å². The molecule has 2 aromatic rings. The topological polar surface area (TPSA) is 73.6 Å². The van der Waals surface area contributed by atoms with Gasteiger partial charge in [-0.2, -0.15) is 0 Å². The number of methoxy groups -OCH3 is 1. The Morgan fingerprint density at radius 3 is 2.83 bits per heavy atom. The highest BCUT2D eigenvalue weighted by Gasteiger charge is 2.23. The van der Waals surface area contributed by atoms with Crippen LogP contribution in [0, 0.1) is 6.92 Å². The molecule has 1 aromatic heterocycles. The first-order chi connectivity index (χ1) is 11.2. The lowest BCUT2D eigenvalue weighted by molar-refractivity contribution is 0.0857. The van der Waals surface area contributed by atoms with Crippen molar-refractivity contribution in [3.63, 3.8) is 0 Å². The molecule has 6 nitrogen and oxygen atoms in total. The average Bonchev–Trinajstić information content (AvgIpc) is 3.22. The molecule has 0 bridgehead atoms. The maximum absolute atomic E-state index is 12.5. The summed E-state index contributed by atoms with van der Waals surface area (Å²) in [5.41, 5.74) is 1.82. The number of hydrogen-bond acceptors (Lipinski definition) is 5. The summed E-state index contributed by atoms with van der Waals surface area (Å²) in [6, 6.07) is 7.33. The fraction of sp³-hybridized carbons (Fsp3) is 0.412. The third kappa shape index (κ3) is 3.37. The molecule has 1 aliphatic rings. The Morgan fingerprint density at radius 2 is 2.17 bits per heavy atom. The largest absolute Gasteiger partial charge is 0.497 e. The van der Waals surface area contributed by atoms with Crippen LogP contribution in [0.5, 0.6) is 5.75 Å². The number of aromatic nitrogens is 1. The molecule has 2 heterocycles. The van der Waals surface area contributed by atoms with Gasteiger partial charge in [-0.15, -0.1) is 0 Å². The maximum Gasteiger partial charge on any atom is 0.257 e. The van der Waals surface area contributed by atoms with Crippen LogP contribution in [0.2, 0.25) is 0 Å². The van der Waals surface area contributed by atoms with Gasteiger partial charge in [0.25, 0.3) is 5.91 Å². The van der Waals surface area contributed by atoms with Crippen molar-refractivity contribution in [1.82, 2.24) is 10.5 Å². The van der Waals surface area contributed by atoms with E-state index >= 15 is 0 Å². The van der Waals surface area contributed by atoms with Crippen molar-refractivity contribution in [2.45, 2.75) is 25.9 Å². The third-order valence-corrected chi connectivity index (χ3v) is 3.96. The van der Waals surface area contributed by atoms with Crippen LogP contribution in [-0.4, -0.2) is 37.4 Å². The molecule has 1 fully saturated rings. The van der Waals surface area contributed by atoms with Gasteiger partial charge in [0.1, 0.15) is 11.3 Å². The van der Waals surface area contributed by atoms with Gasteiger partial charge in [0.2, 0.25) is 0 Å². The van der Waals surface area contributed by atoms with Gasteiger partial charge in [-0.1, -0.05) is 5.16 Å². The number of benzene rings is 1. The monoisotopic (exact) mass is 316 g/mol. The van der Waals surface area contributed by atoms with Gasteiger partial charge < -0.3 is 19.3 Å². The second-order valence-corrected chi connectivity index (χ2v) is 5.55. The molecule has 0 saturated carbocycles. The van der Waals surface area contributed by atoms with Crippen LogP contribution < -0.4 is 10.1 Å². The van der Waals surface area contributed by atoms with E-state index in [1.807, 2.05) is 24.3 Å². The number of carbonyl (C=O) groups is 1. The summed E-state index contributed by atoms with van der Waals surface area (Å²) in [4.78, 5) is 12.5. The van der Waals surface area contributed by atoms with Crippen LogP contribution >= 0.6 is 0 Å². The quantitative estimate of drug-likeness (QED) is 0.917. The first kappa shape index (κ1) is 15.6. The molecule has 6 heteroatoms. The molecular formula is C17H20N2O4. The Labute approximate surface area is 134 Å². The first-order valence-corrected chi connectivity index (χ1v) is 7.69. The smallest absolute Gasteiger partial charge is 0.257 e. The van der Waals surface area contributed by atoms with Crippen molar-refractivity contribution in [3.05, 3.63) is 35.5 Å². The van der Waals surface area contributed by atoms with Crippen molar-refractivity contribution in [2.24, 2.45) is 0 Å². The van der Waals surface area contributed by atoms with Crippen LogP contribution in [0.3, 0.4) is 0 Å². The predicted molar refractivity (Wildman–Crippen MR) is 84.5 cm³/mol. The van der Waals surface area contributed by atoms with Gasteiger partial charge in [0.15, 0.2) is 5.76 Å². The van der Waals surface area contributed by atoms with Crippen molar-refractivity contribution in [2.75, 3.05) is 20.3 Å². The normalized spacial score (nSPS) is 17.2. The summed E-state index contributed by atoms with van der Waals surface area (Å²) in [7, 11) is 1.61. The Morgan fingerprint density at radius 1 is 1.39 bits per heavy atom. The predicted octanol–water partition coefficient (Wildman–Crippen LogP) is 2.57. The van der Waals surface area contributed by atoms with Crippen molar-refractivity contribution < 1.29 is 18.8 Å². The van der Waals surface area contributed by atoms with Crippen LogP contribution in [-0.2, 0) is 4.74 Å². The molecule has 122 valence electrons. The van der Waals surface area contributed by atoms with E-state index in [9.17, 15) is 4.79 Å². The minimum atomic E-state index is -0.190. The maximum atomic E-state index is 12.5. The van der Waals surface area contributed by atoms with E-state index in [-0.39, 0.29) is 12.0 Å². The first-order valence-electron chi connectivity index (χ1n) is 7.69. The number of aryl methyl sites for hydroxylation is 1. The summed E-state index contributed by atoms with van der Waals surface area (Å²) >= 11 is 0. The Hall–Kier alpha value is -2.34. The molecule has 3 rings (SSSR count). The van der Waals surface area contributed by atoms with Gasteiger partial charge in [-0.25, -0.2) is 0 Å². The van der Waals surface area contributed by atoms with Crippen LogP contribution in [0.15, 0.2) is 28.8 Å². The third-order valence-electron chi connectivity index (χ3n) is 3.96. The van der Waals surface area contributed by atoms with Gasteiger partial charge >= 0.3 is 0 Å². The molecule has 1 saturated heterocycles. The molecule has 1 atom stereocenters. The lowest BCUT2D eigenvalue weighted by Crippen LogP contribution is -2.32. The zero-order valence-electron chi connectivity index (χ0n) is 13.3. The molecular weight excluding hydrogens is 296 g/mol.